The number of hydrogen-bond acceptors (Lipinski definition) is 6. The van der Waals surface area contributed by atoms with Crippen LogP contribution in [0.25, 0.3) is 10.8 Å². The molecule has 0 radical (unpaired) electrons. The van der Waals surface area contributed by atoms with Crippen LogP contribution in [0.15, 0.2) is 53.3 Å². The van der Waals surface area contributed by atoms with Crippen molar-refractivity contribution >= 4 is 28.2 Å². The van der Waals surface area contributed by atoms with Gasteiger partial charge in [-0.15, -0.1) is 0 Å². The van der Waals surface area contributed by atoms with E-state index in [9.17, 15) is 19.5 Å². The second-order valence-corrected chi connectivity index (χ2v) is 7.53. The second kappa shape index (κ2) is 8.69. The van der Waals surface area contributed by atoms with E-state index in [4.69, 9.17) is 0 Å². The van der Waals surface area contributed by atoms with Crippen molar-refractivity contribution in [3.63, 3.8) is 0 Å². The summed E-state index contributed by atoms with van der Waals surface area (Å²) in [6.45, 7) is 3.68. The highest BCUT2D eigenvalue weighted by Gasteiger charge is 2.26. The van der Waals surface area contributed by atoms with Crippen LogP contribution in [0.1, 0.15) is 27.8 Å². The van der Waals surface area contributed by atoms with Crippen molar-refractivity contribution in [2.24, 2.45) is 0 Å². The molecular weight excluding hydrogens is 396 g/mol. The molecule has 1 saturated heterocycles. The van der Waals surface area contributed by atoms with Gasteiger partial charge in [0.05, 0.1) is 18.5 Å². The van der Waals surface area contributed by atoms with Gasteiger partial charge in [0.1, 0.15) is 0 Å². The molecule has 0 spiro atoms. The van der Waals surface area contributed by atoms with Crippen LogP contribution in [0.5, 0.6) is 0 Å². The predicted octanol–water partition coefficient (Wildman–Crippen LogP) is 1.55. The topological polar surface area (TPSA) is 95.7 Å². The molecule has 0 unspecified atom stereocenters. The molecule has 0 saturated carbocycles. The summed E-state index contributed by atoms with van der Waals surface area (Å²) in [6.07, 6.45) is 0. The van der Waals surface area contributed by atoms with Gasteiger partial charge in [0.25, 0.3) is 11.5 Å². The van der Waals surface area contributed by atoms with Gasteiger partial charge in [-0.25, -0.2) is 4.68 Å². The normalized spacial score (nSPS) is 14.1. The maximum atomic E-state index is 13.3. The van der Waals surface area contributed by atoms with E-state index in [2.05, 4.69) is 10.00 Å². The smallest absolute Gasteiger partial charge is 0.275 e. The predicted molar refractivity (Wildman–Crippen MR) is 118 cm³/mol. The van der Waals surface area contributed by atoms with E-state index in [1.54, 1.807) is 36.1 Å². The van der Waals surface area contributed by atoms with Crippen LogP contribution in [-0.4, -0.2) is 64.3 Å². The third kappa shape index (κ3) is 4.06. The number of rotatable bonds is 5. The number of aliphatic hydroxyl groups is 1. The van der Waals surface area contributed by atoms with Crippen molar-refractivity contribution in [3.8, 4) is 0 Å². The maximum absolute atomic E-state index is 13.3. The van der Waals surface area contributed by atoms with Crippen LogP contribution in [0.2, 0.25) is 0 Å². The fourth-order valence-corrected chi connectivity index (χ4v) is 3.86. The zero-order chi connectivity index (χ0) is 22.0. The molecule has 1 amide bonds. The molecule has 2 aromatic carbocycles. The molecule has 4 rings (SSSR count). The first-order valence-electron chi connectivity index (χ1n) is 10.3. The summed E-state index contributed by atoms with van der Waals surface area (Å²) in [5.41, 5.74) is 1.59. The Hall–Kier alpha value is -3.52. The largest absolute Gasteiger partial charge is 0.394 e. The number of carbonyl (C=O) groups is 2. The number of aromatic nitrogens is 2. The van der Waals surface area contributed by atoms with Gasteiger partial charge in [0.2, 0.25) is 0 Å². The molecule has 8 heteroatoms. The van der Waals surface area contributed by atoms with Crippen LogP contribution in [0, 0.1) is 0 Å². The zero-order valence-electron chi connectivity index (χ0n) is 17.3. The number of piperazine rings is 1. The maximum Gasteiger partial charge on any atom is 0.275 e. The molecule has 1 aliphatic rings. The molecule has 0 atom stereocenters. The van der Waals surface area contributed by atoms with E-state index in [1.807, 2.05) is 24.3 Å². The molecule has 3 aromatic rings. The average Bonchev–Trinajstić information content (AvgIpc) is 2.81. The number of benzene rings is 2. The highest BCUT2D eigenvalue weighted by molar-refractivity contribution is 6.04. The van der Waals surface area contributed by atoms with E-state index < -0.39 is 0 Å². The number of carbonyl (C=O) groups excluding carboxylic acids is 2. The van der Waals surface area contributed by atoms with Crippen molar-refractivity contribution in [3.05, 3.63) is 70.1 Å². The highest BCUT2D eigenvalue weighted by atomic mass is 16.3. The minimum Gasteiger partial charge on any atom is -0.394 e. The first kappa shape index (κ1) is 20.7. The summed E-state index contributed by atoms with van der Waals surface area (Å²) in [4.78, 5) is 41.2. The third-order valence-electron chi connectivity index (χ3n) is 5.59. The number of fused-ring (bicyclic) bond motifs is 1. The van der Waals surface area contributed by atoms with Gasteiger partial charge >= 0.3 is 0 Å². The van der Waals surface area contributed by atoms with Gasteiger partial charge in [0, 0.05) is 42.8 Å². The SMILES string of the molecule is CC(=O)c1ccc(N2CCN(C(=O)c3nn(CCO)c(=O)c4ccccc34)CC2)cc1. The zero-order valence-corrected chi connectivity index (χ0v) is 17.3. The van der Waals surface area contributed by atoms with Crippen molar-refractivity contribution in [1.29, 1.82) is 0 Å². The number of aliphatic hydroxyl groups excluding tert-OH is 1. The van der Waals surface area contributed by atoms with Gasteiger partial charge in [-0.05, 0) is 37.3 Å². The fraction of sp³-hybridized carbons (Fsp3) is 0.304. The monoisotopic (exact) mass is 420 g/mol. The summed E-state index contributed by atoms with van der Waals surface area (Å²) in [5, 5.41) is 14.5. The van der Waals surface area contributed by atoms with Crippen molar-refractivity contribution in [2.45, 2.75) is 13.5 Å². The van der Waals surface area contributed by atoms with Crippen LogP contribution in [0.3, 0.4) is 0 Å². The average molecular weight is 420 g/mol. The summed E-state index contributed by atoms with van der Waals surface area (Å²) in [6, 6.07) is 14.4. The summed E-state index contributed by atoms with van der Waals surface area (Å²) < 4.78 is 1.16. The number of anilines is 1. The minimum atomic E-state index is -0.319. The van der Waals surface area contributed by atoms with Gasteiger partial charge in [0.15, 0.2) is 11.5 Å². The standard InChI is InChI=1S/C23H24N4O4/c1-16(29)17-6-8-18(9-7-17)25-10-12-26(13-11-25)23(31)21-19-4-2-3-5-20(19)22(30)27(24-21)14-15-28/h2-9,28H,10-15H2,1H3. The minimum absolute atomic E-state index is 0.0317. The van der Waals surface area contributed by atoms with Gasteiger partial charge in [-0.1, -0.05) is 18.2 Å². The molecule has 1 aliphatic heterocycles. The lowest BCUT2D eigenvalue weighted by atomic mass is 10.1. The summed E-state index contributed by atoms with van der Waals surface area (Å²) in [7, 11) is 0. The van der Waals surface area contributed by atoms with Crippen molar-refractivity contribution in [2.75, 3.05) is 37.7 Å². The molecule has 1 N–H and O–H groups in total. The molecule has 2 heterocycles. The van der Waals surface area contributed by atoms with Crippen LogP contribution < -0.4 is 10.5 Å². The number of nitrogens with zero attached hydrogens (tertiary/aromatic N) is 4. The van der Waals surface area contributed by atoms with E-state index >= 15 is 0 Å². The summed E-state index contributed by atoms with van der Waals surface area (Å²) >= 11 is 0. The molecular formula is C23H24N4O4. The van der Waals surface area contributed by atoms with Crippen molar-refractivity contribution in [1.82, 2.24) is 14.7 Å². The van der Waals surface area contributed by atoms with Crippen LogP contribution in [0.4, 0.5) is 5.69 Å². The quantitative estimate of drug-likeness (QED) is 0.630. The second-order valence-electron chi connectivity index (χ2n) is 7.53. The molecule has 31 heavy (non-hydrogen) atoms. The van der Waals surface area contributed by atoms with E-state index in [0.717, 1.165) is 10.4 Å². The fourth-order valence-electron chi connectivity index (χ4n) is 3.86. The first-order chi connectivity index (χ1) is 15.0. The Labute approximate surface area is 179 Å². The van der Waals surface area contributed by atoms with Crippen LogP contribution >= 0.6 is 0 Å². The lowest BCUT2D eigenvalue weighted by Gasteiger charge is -2.36. The lowest BCUT2D eigenvalue weighted by molar-refractivity contribution is 0.0739. The third-order valence-corrected chi connectivity index (χ3v) is 5.59. The summed E-state index contributed by atoms with van der Waals surface area (Å²) in [5.74, 6) is -0.196. The van der Waals surface area contributed by atoms with Gasteiger partial charge < -0.3 is 14.9 Å². The van der Waals surface area contributed by atoms with Gasteiger partial charge in [-0.2, -0.15) is 5.10 Å². The lowest BCUT2D eigenvalue weighted by Crippen LogP contribution is -2.49. The van der Waals surface area contributed by atoms with Gasteiger partial charge in [-0.3, -0.25) is 14.4 Å². The molecule has 160 valence electrons. The van der Waals surface area contributed by atoms with E-state index in [-0.39, 0.29) is 36.1 Å². The Balaban J connectivity index is 1.55. The number of Topliss-reactive ketones (excluding diaryl/α,β-unsaturated/α-hetero) is 1. The highest BCUT2D eigenvalue weighted by Crippen LogP contribution is 2.20. The number of hydrogen-bond donors (Lipinski definition) is 1. The molecule has 1 aromatic heterocycles. The molecule has 0 bridgehead atoms. The molecule has 1 fully saturated rings. The van der Waals surface area contributed by atoms with E-state index in [0.29, 0.717) is 42.5 Å². The molecule has 0 aliphatic carbocycles. The Morgan fingerprint density at radius 3 is 2.23 bits per heavy atom. The van der Waals surface area contributed by atoms with E-state index in [1.165, 1.54) is 0 Å². The Kier molecular flexibility index (Phi) is 5.81. The van der Waals surface area contributed by atoms with Crippen LogP contribution in [-0.2, 0) is 6.54 Å². The Morgan fingerprint density at radius 1 is 0.968 bits per heavy atom. The Bertz CT molecular complexity index is 1180. The number of ketones is 1. The molecule has 8 nitrogen and oxygen atoms in total. The van der Waals surface area contributed by atoms with Crippen molar-refractivity contribution < 1.29 is 14.7 Å². The Morgan fingerprint density at radius 2 is 1.61 bits per heavy atom. The first-order valence-corrected chi connectivity index (χ1v) is 10.3. The number of amides is 1.